The van der Waals surface area contributed by atoms with Crippen molar-refractivity contribution in [1.82, 2.24) is 0 Å². The Hall–Kier alpha value is -2.13. The molecule has 0 aromatic heterocycles. The molecule has 0 saturated carbocycles. The predicted molar refractivity (Wildman–Crippen MR) is 61.0 cm³/mol. The minimum absolute atomic E-state index is 0.310. The van der Waals surface area contributed by atoms with Crippen LogP contribution in [0.3, 0.4) is 0 Å². The highest BCUT2D eigenvalue weighted by Crippen LogP contribution is 2.20. The van der Waals surface area contributed by atoms with E-state index in [2.05, 4.69) is 9.73 Å². The number of hydrogen-bond donors (Lipinski definition) is 0. The molecule has 1 aromatic rings. The summed E-state index contributed by atoms with van der Waals surface area (Å²) in [4.78, 5) is 24.8. The first-order chi connectivity index (χ1) is 8.22. The monoisotopic (exact) mass is 235 g/mol. The van der Waals surface area contributed by atoms with Crippen molar-refractivity contribution in [2.75, 3.05) is 20.8 Å². The van der Waals surface area contributed by atoms with Crippen molar-refractivity contribution < 1.29 is 19.1 Å². The molecule has 0 N–H and O–H groups in total. The first kappa shape index (κ1) is 12.9. The van der Waals surface area contributed by atoms with Crippen molar-refractivity contribution in [1.29, 1.82) is 0 Å². The molecule has 0 spiro atoms. The molecular formula is C12H13NO4. The zero-order chi connectivity index (χ0) is 12.7. The summed E-state index contributed by atoms with van der Waals surface area (Å²) in [5, 5.41) is 0. The Morgan fingerprint density at radius 2 is 2.18 bits per heavy atom. The zero-order valence-corrected chi connectivity index (χ0v) is 9.73. The van der Waals surface area contributed by atoms with Crippen LogP contribution in [0.25, 0.3) is 0 Å². The summed E-state index contributed by atoms with van der Waals surface area (Å²) >= 11 is 0. The van der Waals surface area contributed by atoms with E-state index in [1.807, 2.05) is 0 Å². The van der Waals surface area contributed by atoms with Crippen molar-refractivity contribution >= 4 is 12.0 Å². The fraction of sp³-hybridized carbons (Fsp3) is 0.333. The molecule has 17 heavy (non-hydrogen) atoms. The Balaban J connectivity index is 2.97. The summed E-state index contributed by atoms with van der Waals surface area (Å²) in [5.74, 6) is 0.242. The molecule has 0 saturated heterocycles. The molecule has 5 nitrogen and oxygen atoms in total. The second-order valence-corrected chi connectivity index (χ2v) is 3.24. The second-order valence-electron chi connectivity index (χ2n) is 3.24. The third-order valence-electron chi connectivity index (χ3n) is 2.26. The predicted octanol–water partition coefficient (Wildman–Crippen LogP) is 1.36. The van der Waals surface area contributed by atoms with Crippen LogP contribution in [0.15, 0.2) is 23.2 Å². The maximum Gasteiger partial charge on any atom is 0.337 e. The Bertz CT molecular complexity index is 450. The molecule has 5 heteroatoms. The van der Waals surface area contributed by atoms with Crippen LogP contribution in [0, 0.1) is 0 Å². The van der Waals surface area contributed by atoms with Crippen molar-refractivity contribution in [3.8, 4) is 5.75 Å². The number of nitrogens with zero attached hydrogens (tertiary/aromatic N) is 1. The molecule has 1 rings (SSSR count). The van der Waals surface area contributed by atoms with Gasteiger partial charge in [-0.3, -0.25) is 0 Å². The highest BCUT2D eigenvalue weighted by molar-refractivity contribution is 5.89. The maximum absolute atomic E-state index is 11.3. The van der Waals surface area contributed by atoms with Crippen molar-refractivity contribution in [3.63, 3.8) is 0 Å². The van der Waals surface area contributed by atoms with E-state index < -0.39 is 5.97 Å². The third-order valence-corrected chi connectivity index (χ3v) is 2.26. The summed E-state index contributed by atoms with van der Waals surface area (Å²) in [6.45, 7) is 0.310. The van der Waals surface area contributed by atoms with Crippen LogP contribution >= 0.6 is 0 Å². The van der Waals surface area contributed by atoms with E-state index in [0.717, 1.165) is 5.56 Å². The highest BCUT2D eigenvalue weighted by atomic mass is 16.5. The lowest BCUT2D eigenvalue weighted by molar-refractivity contribution is 0.0600. The van der Waals surface area contributed by atoms with E-state index in [0.29, 0.717) is 24.3 Å². The smallest absolute Gasteiger partial charge is 0.337 e. The average molecular weight is 235 g/mol. The van der Waals surface area contributed by atoms with Gasteiger partial charge in [-0.15, -0.1) is 0 Å². The molecule has 0 fully saturated rings. The van der Waals surface area contributed by atoms with E-state index >= 15 is 0 Å². The summed E-state index contributed by atoms with van der Waals surface area (Å²) in [7, 11) is 2.86. The van der Waals surface area contributed by atoms with Gasteiger partial charge < -0.3 is 9.47 Å². The number of carbonyl (C=O) groups excluding carboxylic acids is 2. The van der Waals surface area contributed by atoms with Crippen LogP contribution < -0.4 is 4.74 Å². The largest absolute Gasteiger partial charge is 0.496 e. The molecule has 0 aliphatic heterocycles. The van der Waals surface area contributed by atoms with Crippen LogP contribution in [-0.4, -0.2) is 32.8 Å². The van der Waals surface area contributed by atoms with E-state index in [1.165, 1.54) is 13.2 Å². The Kier molecular flexibility index (Phi) is 4.91. The van der Waals surface area contributed by atoms with Gasteiger partial charge in [0.05, 0.1) is 26.3 Å². The fourth-order valence-electron chi connectivity index (χ4n) is 1.44. The van der Waals surface area contributed by atoms with Gasteiger partial charge in [-0.05, 0) is 30.2 Å². The van der Waals surface area contributed by atoms with Crippen LogP contribution in [0.1, 0.15) is 15.9 Å². The van der Waals surface area contributed by atoms with Gasteiger partial charge >= 0.3 is 5.97 Å². The van der Waals surface area contributed by atoms with E-state index in [9.17, 15) is 9.59 Å². The SMILES string of the molecule is COC(=O)c1ccc(OC)c(CCN=C=O)c1. The van der Waals surface area contributed by atoms with Crippen LogP contribution in [0.4, 0.5) is 0 Å². The number of esters is 1. The first-order valence-electron chi connectivity index (χ1n) is 5.01. The molecule has 0 amide bonds. The topological polar surface area (TPSA) is 65.0 Å². The number of isocyanates is 1. The summed E-state index contributed by atoms with van der Waals surface area (Å²) in [5.41, 5.74) is 1.24. The average Bonchev–Trinajstić information content (AvgIpc) is 2.38. The van der Waals surface area contributed by atoms with Crippen LogP contribution in [0.5, 0.6) is 5.75 Å². The minimum atomic E-state index is -0.409. The number of benzene rings is 1. The maximum atomic E-state index is 11.3. The lowest BCUT2D eigenvalue weighted by atomic mass is 10.1. The fourth-order valence-corrected chi connectivity index (χ4v) is 1.44. The van der Waals surface area contributed by atoms with E-state index in [-0.39, 0.29) is 0 Å². The van der Waals surface area contributed by atoms with Crippen molar-refractivity contribution in [2.24, 2.45) is 4.99 Å². The normalized spacial score (nSPS) is 9.29. The highest BCUT2D eigenvalue weighted by Gasteiger charge is 2.09. The number of hydrogen-bond acceptors (Lipinski definition) is 5. The van der Waals surface area contributed by atoms with Gasteiger partial charge in [-0.2, -0.15) is 0 Å². The molecule has 1 aromatic carbocycles. The molecule has 0 aliphatic carbocycles. The molecule has 0 heterocycles. The van der Waals surface area contributed by atoms with E-state index in [1.54, 1.807) is 25.3 Å². The van der Waals surface area contributed by atoms with Gasteiger partial charge in [0, 0.05) is 0 Å². The van der Waals surface area contributed by atoms with Crippen LogP contribution in [0.2, 0.25) is 0 Å². The lowest BCUT2D eigenvalue weighted by Gasteiger charge is -2.08. The molecule has 0 radical (unpaired) electrons. The lowest BCUT2D eigenvalue weighted by Crippen LogP contribution is -2.03. The summed E-state index contributed by atoms with van der Waals surface area (Å²) in [6, 6.07) is 4.98. The summed E-state index contributed by atoms with van der Waals surface area (Å²) in [6.07, 6.45) is 1.97. The van der Waals surface area contributed by atoms with E-state index in [4.69, 9.17) is 4.74 Å². The minimum Gasteiger partial charge on any atom is -0.496 e. The molecular weight excluding hydrogens is 222 g/mol. The van der Waals surface area contributed by atoms with Crippen molar-refractivity contribution in [3.05, 3.63) is 29.3 Å². The standard InChI is InChI=1S/C12H13NO4/c1-16-11-4-3-10(12(15)17-2)7-9(11)5-6-13-8-14/h3-4,7H,5-6H2,1-2H3. The Labute approximate surface area is 99.1 Å². The number of aliphatic imine (C=N–C) groups is 1. The number of ether oxygens (including phenoxy) is 2. The first-order valence-corrected chi connectivity index (χ1v) is 5.01. The van der Waals surface area contributed by atoms with Gasteiger partial charge in [-0.1, -0.05) is 0 Å². The van der Waals surface area contributed by atoms with Gasteiger partial charge in [0.15, 0.2) is 0 Å². The number of rotatable bonds is 5. The van der Waals surface area contributed by atoms with Crippen molar-refractivity contribution in [2.45, 2.75) is 6.42 Å². The molecule has 90 valence electrons. The van der Waals surface area contributed by atoms with Gasteiger partial charge in [0.2, 0.25) is 6.08 Å². The van der Waals surface area contributed by atoms with Gasteiger partial charge in [0.25, 0.3) is 0 Å². The molecule has 0 unspecified atom stereocenters. The zero-order valence-electron chi connectivity index (χ0n) is 9.73. The molecule has 0 bridgehead atoms. The number of carbonyl (C=O) groups is 1. The summed E-state index contributed by atoms with van der Waals surface area (Å²) < 4.78 is 9.78. The Morgan fingerprint density at radius 3 is 2.76 bits per heavy atom. The Morgan fingerprint density at radius 1 is 1.41 bits per heavy atom. The van der Waals surface area contributed by atoms with Gasteiger partial charge in [-0.25, -0.2) is 14.6 Å². The molecule has 0 aliphatic rings. The van der Waals surface area contributed by atoms with Crippen LogP contribution in [-0.2, 0) is 16.0 Å². The number of methoxy groups -OCH3 is 2. The third kappa shape index (κ3) is 3.43. The quantitative estimate of drug-likeness (QED) is 0.439. The molecule has 0 atom stereocenters. The van der Waals surface area contributed by atoms with Gasteiger partial charge in [0.1, 0.15) is 5.75 Å². The second kappa shape index (κ2) is 6.45.